The van der Waals surface area contributed by atoms with Gasteiger partial charge in [-0.1, -0.05) is 6.58 Å². The maximum Gasteiger partial charge on any atom is 0.220 e. The number of nitrogens with zero attached hydrogens (tertiary/aromatic N) is 5. The molecule has 5 rings (SSSR count). The molecule has 0 atom stereocenters. The smallest absolute Gasteiger partial charge is 0.220 e. The zero-order valence-electron chi connectivity index (χ0n) is 17.6. The van der Waals surface area contributed by atoms with E-state index in [4.69, 9.17) is 15.5 Å². The number of fused-ring (bicyclic) bond motifs is 1. The average Bonchev–Trinajstić information content (AvgIpc) is 3.28. The van der Waals surface area contributed by atoms with E-state index >= 15 is 0 Å². The van der Waals surface area contributed by atoms with Gasteiger partial charge in [0, 0.05) is 30.2 Å². The molecule has 0 amide bonds. The number of allylic oxidation sites excluding steroid dienone is 1. The second-order valence-corrected chi connectivity index (χ2v) is 8.50. The summed E-state index contributed by atoms with van der Waals surface area (Å²) in [6.45, 7) is 9.13. The van der Waals surface area contributed by atoms with E-state index < -0.39 is 0 Å². The van der Waals surface area contributed by atoms with Crippen molar-refractivity contribution in [1.82, 2.24) is 20.2 Å². The number of nitrogens with two attached hydrogens (primary N) is 1. The molecule has 2 fully saturated rings. The molecule has 2 aliphatic rings. The molecule has 1 saturated carbocycles. The summed E-state index contributed by atoms with van der Waals surface area (Å²) in [5, 5.41) is 8.55. The molecule has 9 nitrogen and oxygen atoms in total. The van der Waals surface area contributed by atoms with Gasteiger partial charge in [0.1, 0.15) is 29.2 Å². The summed E-state index contributed by atoms with van der Waals surface area (Å²) < 4.78 is 6.12. The van der Waals surface area contributed by atoms with Crippen LogP contribution in [-0.2, 0) is 4.84 Å². The molecule has 2 aromatic heterocycles. The van der Waals surface area contributed by atoms with Gasteiger partial charge in [-0.2, -0.15) is 11.0 Å². The second kappa shape index (κ2) is 7.35. The minimum Gasteiger partial charge on any atom is -0.488 e. The minimum atomic E-state index is -0.0345. The third-order valence-electron chi connectivity index (χ3n) is 5.72. The van der Waals surface area contributed by atoms with E-state index in [1.807, 2.05) is 31.2 Å². The topological polar surface area (TPSA) is 115 Å². The van der Waals surface area contributed by atoms with E-state index in [0.29, 0.717) is 24.7 Å². The third kappa shape index (κ3) is 3.84. The Morgan fingerprint density at radius 3 is 2.81 bits per heavy atom. The molecule has 31 heavy (non-hydrogen) atoms. The molecule has 1 aliphatic carbocycles. The van der Waals surface area contributed by atoms with Crippen LogP contribution in [0.3, 0.4) is 0 Å². The van der Waals surface area contributed by atoms with Crippen LogP contribution in [0.1, 0.15) is 26.7 Å². The van der Waals surface area contributed by atoms with Gasteiger partial charge in [-0.05, 0) is 44.9 Å². The summed E-state index contributed by atoms with van der Waals surface area (Å²) in [6, 6.07) is 7.94. The molecule has 0 unspecified atom stereocenters. The zero-order chi connectivity index (χ0) is 21.6. The first-order chi connectivity index (χ1) is 14.9. The van der Waals surface area contributed by atoms with Crippen LogP contribution >= 0.6 is 0 Å². The number of rotatable bonds is 6. The van der Waals surface area contributed by atoms with Gasteiger partial charge < -0.3 is 14.5 Å². The standard InChI is InChI=1S/C22H25N7O2/c1-13(2)26-21(31-23)14-10-29(11-14)19-9-18(24-12-25-19)20-16-8-15(30-22(3)6-7-22)4-5-17(16)27-28-20/h4-5,8-9,12,14H,1,6-7,10-11,23H2,2-3H3,(H,27,28)/b26-21-. The Morgan fingerprint density at radius 1 is 1.29 bits per heavy atom. The Morgan fingerprint density at radius 2 is 2.10 bits per heavy atom. The lowest BCUT2D eigenvalue weighted by molar-refractivity contribution is 0.200. The van der Waals surface area contributed by atoms with Gasteiger partial charge in [-0.3, -0.25) is 5.10 Å². The molecule has 3 heterocycles. The maximum absolute atomic E-state index is 6.12. The van der Waals surface area contributed by atoms with Crippen molar-refractivity contribution < 1.29 is 9.57 Å². The SMILES string of the molecule is C=C(C)/N=C(\ON)C1CN(c2cc(-c3n[nH]c4ccc(OC5(C)CC5)cc34)ncn2)C1. The summed E-state index contributed by atoms with van der Waals surface area (Å²) in [6.07, 6.45) is 3.74. The average molecular weight is 419 g/mol. The molecule has 3 aromatic rings. The van der Waals surface area contributed by atoms with Gasteiger partial charge in [-0.25, -0.2) is 15.0 Å². The highest BCUT2D eigenvalue weighted by Gasteiger charge is 2.40. The summed E-state index contributed by atoms with van der Waals surface area (Å²) in [4.78, 5) is 20.2. The van der Waals surface area contributed by atoms with Crippen molar-refractivity contribution in [1.29, 1.82) is 0 Å². The van der Waals surface area contributed by atoms with Crippen LogP contribution < -0.4 is 15.5 Å². The first kappa shape index (κ1) is 19.5. The van der Waals surface area contributed by atoms with Crippen LogP contribution in [0.15, 0.2) is 47.9 Å². The highest BCUT2D eigenvalue weighted by Crippen LogP contribution is 2.40. The lowest BCUT2D eigenvalue weighted by Gasteiger charge is -2.39. The Balaban J connectivity index is 1.38. The number of aromatic amines is 1. The summed E-state index contributed by atoms with van der Waals surface area (Å²) >= 11 is 0. The van der Waals surface area contributed by atoms with Gasteiger partial charge in [0.25, 0.3) is 0 Å². The zero-order valence-corrected chi connectivity index (χ0v) is 17.6. The molecular weight excluding hydrogens is 394 g/mol. The minimum absolute atomic E-state index is 0.0345. The van der Waals surface area contributed by atoms with Crippen molar-refractivity contribution in [2.24, 2.45) is 16.8 Å². The highest BCUT2D eigenvalue weighted by atomic mass is 16.6. The number of hydrogen-bond donors (Lipinski definition) is 2. The van der Waals surface area contributed by atoms with Gasteiger partial charge in [-0.15, -0.1) is 0 Å². The molecule has 1 aliphatic heterocycles. The molecule has 3 N–H and O–H groups in total. The van der Waals surface area contributed by atoms with Crippen LogP contribution in [0.5, 0.6) is 5.75 Å². The van der Waals surface area contributed by atoms with E-state index in [9.17, 15) is 0 Å². The predicted molar refractivity (Wildman–Crippen MR) is 119 cm³/mol. The Hall–Kier alpha value is -3.46. The molecule has 0 spiro atoms. The molecular formula is C22H25N7O2. The number of nitrogens with one attached hydrogen (secondary N) is 1. The van der Waals surface area contributed by atoms with Crippen LogP contribution in [-0.4, -0.2) is 44.8 Å². The summed E-state index contributed by atoms with van der Waals surface area (Å²) in [5.41, 5.74) is 3.09. The Kier molecular flexibility index (Phi) is 4.62. The lowest BCUT2D eigenvalue weighted by atomic mass is 10.00. The van der Waals surface area contributed by atoms with Crippen LogP contribution in [0.4, 0.5) is 5.82 Å². The molecule has 9 heteroatoms. The number of anilines is 1. The fourth-order valence-corrected chi connectivity index (χ4v) is 3.69. The van der Waals surface area contributed by atoms with E-state index in [0.717, 1.165) is 46.7 Å². The van der Waals surface area contributed by atoms with Gasteiger partial charge >= 0.3 is 0 Å². The molecule has 0 bridgehead atoms. The van der Waals surface area contributed by atoms with Crippen molar-refractivity contribution in [3.63, 3.8) is 0 Å². The van der Waals surface area contributed by atoms with Crippen molar-refractivity contribution in [3.8, 4) is 17.1 Å². The first-order valence-corrected chi connectivity index (χ1v) is 10.3. The largest absolute Gasteiger partial charge is 0.488 e. The fraction of sp³-hybridized carbons (Fsp3) is 0.364. The fourth-order valence-electron chi connectivity index (χ4n) is 3.69. The van der Waals surface area contributed by atoms with Crippen molar-refractivity contribution >= 4 is 22.6 Å². The number of H-pyrrole nitrogens is 1. The van der Waals surface area contributed by atoms with Crippen LogP contribution in [0, 0.1) is 5.92 Å². The normalized spacial score (nSPS) is 18.0. The predicted octanol–water partition coefficient (Wildman–Crippen LogP) is 3.21. The number of aromatic nitrogens is 4. The Bertz CT molecular complexity index is 1180. The van der Waals surface area contributed by atoms with Gasteiger partial charge in [0.05, 0.1) is 17.1 Å². The van der Waals surface area contributed by atoms with E-state index in [-0.39, 0.29) is 11.5 Å². The molecule has 1 saturated heterocycles. The summed E-state index contributed by atoms with van der Waals surface area (Å²) in [5.74, 6) is 7.64. The van der Waals surface area contributed by atoms with Crippen molar-refractivity contribution in [2.75, 3.05) is 18.0 Å². The number of hydrogen-bond acceptors (Lipinski definition) is 8. The highest BCUT2D eigenvalue weighted by molar-refractivity contribution is 5.93. The second-order valence-electron chi connectivity index (χ2n) is 8.50. The number of ether oxygens (including phenoxy) is 1. The molecule has 0 radical (unpaired) electrons. The van der Waals surface area contributed by atoms with E-state index in [1.54, 1.807) is 6.33 Å². The summed E-state index contributed by atoms with van der Waals surface area (Å²) in [7, 11) is 0. The monoisotopic (exact) mass is 419 g/mol. The third-order valence-corrected chi connectivity index (χ3v) is 5.72. The lowest BCUT2D eigenvalue weighted by Crippen LogP contribution is -2.51. The number of aliphatic imine (C=N–C) groups is 1. The van der Waals surface area contributed by atoms with Crippen molar-refractivity contribution in [2.45, 2.75) is 32.3 Å². The van der Waals surface area contributed by atoms with Gasteiger partial charge in [0.15, 0.2) is 0 Å². The van der Waals surface area contributed by atoms with Crippen molar-refractivity contribution in [3.05, 3.63) is 42.9 Å². The quantitative estimate of drug-likeness (QED) is 0.358. The first-order valence-electron chi connectivity index (χ1n) is 10.3. The van der Waals surface area contributed by atoms with Crippen LogP contribution in [0.2, 0.25) is 0 Å². The maximum atomic E-state index is 6.12. The van der Waals surface area contributed by atoms with Crippen LogP contribution in [0.25, 0.3) is 22.3 Å². The van der Waals surface area contributed by atoms with E-state index in [2.05, 4.69) is 43.6 Å². The molecule has 160 valence electrons. The van der Waals surface area contributed by atoms with Gasteiger partial charge in [0.2, 0.25) is 5.90 Å². The van der Waals surface area contributed by atoms with E-state index in [1.165, 1.54) is 0 Å². The molecule has 1 aromatic carbocycles. The Labute approximate surface area is 179 Å². The number of benzene rings is 1.